The zero-order chi connectivity index (χ0) is 15.2. The predicted molar refractivity (Wildman–Crippen MR) is 80.1 cm³/mol. The van der Waals surface area contributed by atoms with Gasteiger partial charge < -0.3 is 15.0 Å². The Balaban J connectivity index is 1.90. The van der Waals surface area contributed by atoms with Crippen LogP contribution in [0.25, 0.3) is 0 Å². The molecule has 1 aromatic carbocycles. The van der Waals surface area contributed by atoms with E-state index in [1.165, 1.54) is 0 Å². The van der Waals surface area contributed by atoms with Crippen molar-refractivity contribution in [3.8, 4) is 0 Å². The van der Waals surface area contributed by atoms with Crippen LogP contribution in [0, 0.1) is 5.92 Å². The molecule has 1 aromatic rings. The van der Waals surface area contributed by atoms with Crippen LogP contribution in [-0.2, 0) is 16.0 Å². The van der Waals surface area contributed by atoms with Gasteiger partial charge in [0, 0.05) is 39.2 Å². The minimum atomic E-state index is -0.0802. The summed E-state index contributed by atoms with van der Waals surface area (Å²) >= 11 is 0. The number of nitrogens with one attached hydrogen (secondary N) is 1. The first-order chi connectivity index (χ1) is 10.1. The molecule has 0 unspecified atom stereocenters. The Morgan fingerprint density at radius 3 is 2.71 bits per heavy atom. The lowest BCUT2D eigenvalue weighted by atomic mass is 9.97. The van der Waals surface area contributed by atoms with Gasteiger partial charge in [-0.2, -0.15) is 0 Å². The molecule has 0 radical (unpaired) electrons. The van der Waals surface area contributed by atoms with Crippen LogP contribution in [0.2, 0.25) is 0 Å². The van der Waals surface area contributed by atoms with Crippen LogP contribution in [0.1, 0.15) is 22.3 Å². The third-order valence-electron chi connectivity index (χ3n) is 3.83. The van der Waals surface area contributed by atoms with Gasteiger partial charge in [-0.3, -0.25) is 9.59 Å². The second-order valence-corrected chi connectivity index (χ2v) is 5.38. The van der Waals surface area contributed by atoms with Crippen LogP contribution in [0.5, 0.6) is 0 Å². The topological polar surface area (TPSA) is 58.6 Å². The van der Waals surface area contributed by atoms with Crippen molar-refractivity contribution >= 4 is 11.8 Å². The SMILES string of the molecule is CNC(=O)c1ccc(C[C@@H]2CC(=O)N(CCOC)C2)cc1. The van der Waals surface area contributed by atoms with E-state index in [0.717, 1.165) is 18.5 Å². The molecule has 114 valence electrons. The molecule has 2 amide bonds. The average molecular weight is 290 g/mol. The van der Waals surface area contributed by atoms with Crippen LogP contribution in [-0.4, -0.2) is 50.6 Å². The van der Waals surface area contributed by atoms with Crippen molar-refractivity contribution in [1.29, 1.82) is 0 Å². The summed E-state index contributed by atoms with van der Waals surface area (Å²) in [4.78, 5) is 25.2. The van der Waals surface area contributed by atoms with E-state index in [-0.39, 0.29) is 11.8 Å². The van der Waals surface area contributed by atoms with Gasteiger partial charge in [-0.05, 0) is 30.0 Å². The Kier molecular flexibility index (Phi) is 5.33. The number of carbonyl (C=O) groups excluding carboxylic acids is 2. The van der Waals surface area contributed by atoms with Gasteiger partial charge in [-0.1, -0.05) is 12.1 Å². The third-order valence-corrected chi connectivity index (χ3v) is 3.83. The maximum atomic E-state index is 11.9. The van der Waals surface area contributed by atoms with Gasteiger partial charge in [-0.25, -0.2) is 0 Å². The number of rotatable bonds is 6. The van der Waals surface area contributed by atoms with Gasteiger partial charge in [0.15, 0.2) is 0 Å². The number of carbonyl (C=O) groups is 2. The smallest absolute Gasteiger partial charge is 0.251 e. The van der Waals surface area contributed by atoms with Crippen molar-refractivity contribution < 1.29 is 14.3 Å². The lowest BCUT2D eigenvalue weighted by Gasteiger charge is -2.16. The number of methoxy groups -OCH3 is 1. The van der Waals surface area contributed by atoms with Crippen LogP contribution >= 0.6 is 0 Å². The van der Waals surface area contributed by atoms with Crippen LogP contribution in [0.15, 0.2) is 24.3 Å². The molecule has 2 rings (SSSR count). The number of hydrogen-bond donors (Lipinski definition) is 1. The van der Waals surface area contributed by atoms with Crippen LogP contribution in [0.4, 0.5) is 0 Å². The molecular weight excluding hydrogens is 268 g/mol. The van der Waals surface area contributed by atoms with Crippen LogP contribution in [0.3, 0.4) is 0 Å². The van der Waals surface area contributed by atoms with E-state index in [4.69, 9.17) is 4.74 Å². The highest BCUT2D eigenvalue weighted by atomic mass is 16.5. The fraction of sp³-hybridized carbons (Fsp3) is 0.500. The molecule has 1 heterocycles. The van der Waals surface area contributed by atoms with E-state index >= 15 is 0 Å². The number of likely N-dealkylation sites (tertiary alicyclic amines) is 1. The monoisotopic (exact) mass is 290 g/mol. The molecule has 0 bridgehead atoms. The van der Waals surface area contributed by atoms with Gasteiger partial charge in [0.1, 0.15) is 0 Å². The molecule has 0 saturated carbocycles. The molecule has 5 nitrogen and oxygen atoms in total. The summed E-state index contributed by atoms with van der Waals surface area (Å²) in [7, 11) is 3.26. The summed E-state index contributed by atoms with van der Waals surface area (Å²) in [5.41, 5.74) is 1.82. The van der Waals surface area contributed by atoms with E-state index in [1.807, 2.05) is 29.2 Å². The van der Waals surface area contributed by atoms with Crippen molar-refractivity contribution in [2.45, 2.75) is 12.8 Å². The molecule has 5 heteroatoms. The summed E-state index contributed by atoms with van der Waals surface area (Å²) in [5.74, 6) is 0.475. The van der Waals surface area contributed by atoms with E-state index in [2.05, 4.69) is 5.32 Å². The molecule has 1 fully saturated rings. The summed E-state index contributed by atoms with van der Waals surface area (Å²) in [6.45, 7) is 2.04. The zero-order valence-electron chi connectivity index (χ0n) is 12.6. The van der Waals surface area contributed by atoms with E-state index in [9.17, 15) is 9.59 Å². The minimum Gasteiger partial charge on any atom is -0.383 e. The second kappa shape index (κ2) is 7.22. The number of benzene rings is 1. The Morgan fingerprint density at radius 2 is 2.10 bits per heavy atom. The minimum absolute atomic E-state index is 0.0802. The summed E-state index contributed by atoms with van der Waals surface area (Å²) in [5, 5.41) is 2.60. The molecule has 0 aromatic heterocycles. The standard InChI is InChI=1S/C16H22N2O3/c1-17-16(20)14-5-3-12(4-6-14)9-13-10-15(19)18(11-13)7-8-21-2/h3-6,13H,7-11H2,1-2H3,(H,17,20)/t13-/m1/s1. The lowest BCUT2D eigenvalue weighted by Crippen LogP contribution is -2.28. The van der Waals surface area contributed by atoms with Gasteiger partial charge in [-0.15, -0.1) is 0 Å². The summed E-state index contributed by atoms with van der Waals surface area (Å²) in [6.07, 6.45) is 1.46. The maximum Gasteiger partial charge on any atom is 0.251 e. The van der Waals surface area contributed by atoms with Gasteiger partial charge in [0.05, 0.1) is 6.61 Å². The Bertz CT molecular complexity index is 499. The van der Waals surface area contributed by atoms with Crippen molar-refractivity contribution in [3.05, 3.63) is 35.4 Å². The summed E-state index contributed by atoms with van der Waals surface area (Å²) in [6, 6.07) is 7.58. The highest BCUT2D eigenvalue weighted by Gasteiger charge is 2.29. The molecular formula is C16H22N2O3. The van der Waals surface area contributed by atoms with E-state index in [1.54, 1.807) is 14.2 Å². The van der Waals surface area contributed by atoms with Crippen molar-refractivity contribution in [2.24, 2.45) is 5.92 Å². The number of nitrogens with zero attached hydrogens (tertiary/aromatic N) is 1. The molecule has 1 atom stereocenters. The lowest BCUT2D eigenvalue weighted by molar-refractivity contribution is -0.128. The molecule has 1 saturated heterocycles. The third kappa shape index (κ3) is 4.04. The zero-order valence-corrected chi connectivity index (χ0v) is 12.6. The van der Waals surface area contributed by atoms with Crippen molar-refractivity contribution in [3.63, 3.8) is 0 Å². The van der Waals surface area contributed by atoms with Crippen molar-refractivity contribution in [1.82, 2.24) is 10.2 Å². The number of amides is 2. The van der Waals surface area contributed by atoms with E-state index < -0.39 is 0 Å². The van der Waals surface area contributed by atoms with Crippen molar-refractivity contribution in [2.75, 3.05) is 33.9 Å². The largest absolute Gasteiger partial charge is 0.383 e. The van der Waals surface area contributed by atoms with Gasteiger partial charge in [0.25, 0.3) is 5.91 Å². The molecule has 0 aliphatic carbocycles. The first kappa shape index (κ1) is 15.5. The fourth-order valence-electron chi connectivity index (χ4n) is 2.68. The highest BCUT2D eigenvalue weighted by Crippen LogP contribution is 2.22. The van der Waals surface area contributed by atoms with Crippen LogP contribution < -0.4 is 5.32 Å². The predicted octanol–water partition coefficient (Wildman–Crippen LogP) is 1.08. The molecule has 1 N–H and O–H groups in total. The Morgan fingerprint density at radius 1 is 1.38 bits per heavy atom. The Labute approximate surface area is 125 Å². The molecule has 21 heavy (non-hydrogen) atoms. The first-order valence-corrected chi connectivity index (χ1v) is 7.21. The van der Waals surface area contributed by atoms with Gasteiger partial charge in [0.2, 0.25) is 5.91 Å². The normalized spacial score (nSPS) is 18.1. The number of ether oxygens (including phenoxy) is 1. The fourth-order valence-corrected chi connectivity index (χ4v) is 2.68. The first-order valence-electron chi connectivity index (χ1n) is 7.21. The molecule has 0 spiro atoms. The van der Waals surface area contributed by atoms with E-state index in [0.29, 0.717) is 31.1 Å². The Hall–Kier alpha value is -1.88. The maximum absolute atomic E-state index is 11.9. The summed E-state index contributed by atoms with van der Waals surface area (Å²) < 4.78 is 5.02. The molecule has 1 aliphatic rings. The average Bonchev–Trinajstić information content (AvgIpc) is 2.84. The quantitative estimate of drug-likeness (QED) is 0.853. The number of hydrogen-bond acceptors (Lipinski definition) is 3. The molecule has 1 aliphatic heterocycles. The van der Waals surface area contributed by atoms with Gasteiger partial charge >= 0.3 is 0 Å². The second-order valence-electron chi connectivity index (χ2n) is 5.38. The highest BCUT2D eigenvalue weighted by molar-refractivity contribution is 5.93.